The van der Waals surface area contributed by atoms with E-state index >= 15 is 0 Å². The quantitative estimate of drug-likeness (QED) is 0.352. The number of H-pyrrole nitrogens is 1. The van der Waals surface area contributed by atoms with Crippen LogP contribution in [0.1, 0.15) is 16.7 Å². The first-order valence-electron chi connectivity index (χ1n) is 10.9. The molecule has 1 fully saturated rings. The summed E-state index contributed by atoms with van der Waals surface area (Å²) < 4.78 is 6.16. The van der Waals surface area contributed by atoms with Crippen molar-refractivity contribution in [1.82, 2.24) is 15.3 Å². The number of aromatic nitrogens is 2. The molecule has 0 bridgehead atoms. The van der Waals surface area contributed by atoms with Crippen LogP contribution >= 0.6 is 0 Å². The van der Waals surface area contributed by atoms with E-state index in [1.165, 1.54) is 0 Å². The van der Waals surface area contributed by atoms with Crippen LogP contribution in [-0.4, -0.2) is 39.4 Å². The molecule has 1 aliphatic heterocycles. The van der Waals surface area contributed by atoms with Gasteiger partial charge >= 0.3 is 0 Å². The fourth-order valence-corrected chi connectivity index (χ4v) is 4.03. The number of benzene rings is 3. The second kappa shape index (κ2) is 9.08. The van der Waals surface area contributed by atoms with E-state index in [-0.39, 0.29) is 24.9 Å². The SMILES string of the molecule is N#Cc1ccc(-c2cc(-c3nc4cc(CO)cc(CO)c4c(=O)[nH]3)ccc2OC2CNC2)cc1. The number of aliphatic hydroxyl groups is 2. The Bertz CT molecular complexity index is 1470. The average Bonchev–Trinajstić information content (AvgIpc) is 2.85. The summed E-state index contributed by atoms with van der Waals surface area (Å²) in [7, 11) is 0. The monoisotopic (exact) mass is 454 g/mol. The van der Waals surface area contributed by atoms with E-state index in [0.29, 0.717) is 44.7 Å². The Labute approximate surface area is 195 Å². The average molecular weight is 454 g/mol. The number of hydrogen-bond acceptors (Lipinski definition) is 7. The van der Waals surface area contributed by atoms with Crippen LogP contribution in [0.4, 0.5) is 0 Å². The first-order chi connectivity index (χ1) is 16.6. The smallest absolute Gasteiger partial charge is 0.259 e. The topological polar surface area (TPSA) is 131 Å². The molecule has 0 unspecified atom stereocenters. The Morgan fingerprint density at radius 2 is 1.79 bits per heavy atom. The lowest BCUT2D eigenvalue weighted by Gasteiger charge is -2.29. The Balaban J connectivity index is 1.64. The van der Waals surface area contributed by atoms with E-state index in [1.807, 2.05) is 30.3 Å². The molecule has 4 aromatic rings. The molecule has 0 saturated carbocycles. The van der Waals surface area contributed by atoms with Crippen molar-refractivity contribution in [2.24, 2.45) is 0 Å². The van der Waals surface area contributed by atoms with Gasteiger partial charge in [0.15, 0.2) is 0 Å². The number of nitrogens with one attached hydrogen (secondary N) is 2. The third-order valence-electron chi connectivity index (χ3n) is 5.92. The van der Waals surface area contributed by atoms with Crippen LogP contribution in [0.2, 0.25) is 0 Å². The summed E-state index contributed by atoms with van der Waals surface area (Å²) in [6.45, 7) is 0.986. The van der Waals surface area contributed by atoms with Crippen LogP contribution in [0.5, 0.6) is 5.75 Å². The minimum atomic E-state index is -0.366. The summed E-state index contributed by atoms with van der Waals surface area (Å²) in [5.74, 6) is 1.07. The molecule has 3 aromatic carbocycles. The lowest BCUT2D eigenvalue weighted by molar-refractivity contribution is 0.143. The van der Waals surface area contributed by atoms with Gasteiger partial charge in [-0.3, -0.25) is 4.79 Å². The number of fused-ring (bicyclic) bond motifs is 1. The highest BCUT2D eigenvalue weighted by atomic mass is 16.5. The van der Waals surface area contributed by atoms with E-state index < -0.39 is 0 Å². The summed E-state index contributed by atoms with van der Waals surface area (Å²) in [6, 6.07) is 18.2. The van der Waals surface area contributed by atoms with Crippen molar-refractivity contribution in [3.8, 4) is 34.3 Å². The van der Waals surface area contributed by atoms with Crippen molar-refractivity contribution in [2.45, 2.75) is 19.3 Å². The standard InChI is InChI=1S/C26H22N4O4/c27-10-15-1-3-17(4-2-15)21-9-18(5-6-23(21)34-20-11-28-12-20)25-29-22-8-16(13-31)7-19(14-32)24(22)26(33)30-25/h1-9,20,28,31-32H,11-14H2,(H,29,30,33). The van der Waals surface area contributed by atoms with E-state index in [0.717, 1.165) is 24.2 Å². The summed E-state index contributed by atoms with van der Waals surface area (Å²) in [6.07, 6.45) is 0.0791. The van der Waals surface area contributed by atoms with Crippen LogP contribution in [0, 0.1) is 11.3 Å². The summed E-state index contributed by atoms with van der Waals surface area (Å²) >= 11 is 0. The van der Waals surface area contributed by atoms with Gasteiger partial charge in [-0.15, -0.1) is 0 Å². The normalized spacial score (nSPS) is 13.4. The molecule has 0 atom stereocenters. The fourth-order valence-electron chi connectivity index (χ4n) is 4.03. The maximum absolute atomic E-state index is 12.9. The molecule has 34 heavy (non-hydrogen) atoms. The molecule has 170 valence electrons. The van der Waals surface area contributed by atoms with E-state index in [9.17, 15) is 15.0 Å². The van der Waals surface area contributed by atoms with Gasteiger partial charge in [0.1, 0.15) is 17.7 Å². The molecule has 0 spiro atoms. The zero-order valence-corrected chi connectivity index (χ0v) is 18.2. The summed E-state index contributed by atoms with van der Waals surface area (Å²) in [5.41, 5.74) is 3.94. The Hall–Kier alpha value is -4.03. The van der Waals surface area contributed by atoms with E-state index in [4.69, 9.17) is 10.00 Å². The summed E-state index contributed by atoms with van der Waals surface area (Å²) in [5, 5.41) is 31.9. The molecular weight excluding hydrogens is 432 g/mol. The summed E-state index contributed by atoms with van der Waals surface area (Å²) in [4.78, 5) is 20.4. The van der Waals surface area contributed by atoms with Gasteiger partial charge in [0.25, 0.3) is 5.56 Å². The zero-order valence-electron chi connectivity index (χ0n) is 18.2. The van der Waals surface area contributed by atoms with Gasteiger partial charge in [-0.05, 0) is 53.1 Å². The second-order valence-corrected chi connectivity index (χ2v) is 8.18. The van der Waals surface area contributed by atoms with Gasteiger partial charge in [0.05, 0.1) is 35.7 Å². The minimum absolute atomic E-state index is 0.0791. The molecule has 2 heterocycles. The molecule has 8 heteroatoms. The first-order valence-corrected chi connectivity index (χ1v) is 10.9. The number of nitrogens with zero attached hydrogens (tertiary/aromatic N) is 2. The van der Waals surface area contributed by atoms with Crippen molar-refractivity contribution in [1.29, 1.82) is 5.26 Å². The van der Waals surface area contributed by atoms with Crippen LogP contribution in [0.25, 0.3) is 33.4 Å². The first kappa shape index (κ1) is 21.8. The highest BCUT2D eigenvalue weighted by molar-refractivity contribution is 5.84. The largest absolute Gasteiger partial charge is 0.487 e. The maximum Gasteiger partial charge on any atom is 0.259 e. The Kier molecular flexibility index (Phi) is 5.82. The third-order valence-corrected chi connectivity index (χ3v) is 5.92. The van der Waals surface area contributed by atoms with Gasteiger partial charge in [0.2, 0.25) is 0 Å². The number of nitriles is 1. The molecular formula is C26H22N4O4. The minimum Gasteiger partial charge on any atom is -0.487 e. The molecule has 1 saturated heterocycles. The maximum atomic E-state index is 12.9. The predicted molar refractivity (Wildman–Crippen MR) is 127 cm³/mol. The van der Waals surface area contributed by atoms with Gasteiger partial charge in [-0.1, -0.05) is 18.2 Å². The van der Waals surface area contributed by atoms with Gasteiger partial charge in [-0.25, -0.2) is 4.98 Å². The van der Waals surface area contributed by atoms with Crippen molar-refractivity contribution in [2.75, 3.05) is 13.1 Å². The fraction of sp³-hybridized carbons (Fsp3) is 0.192. The van der Waals surface area contributed by atoms with E-state index in [1.54, 1.807) is 24.3 Å². The molecule has 4 N–H and O–H groups in total. The molecule has 8 nitrogen and oxygen atoms in total. The molecule has 0 radical (unpaired) electrons. The Morgan fingerprint density at radius 1 is 1.03 bits per heavy atom. The molecule has 5 rings (SSSR count). The van der Waals surface area contributed by atoms with Crippen LogP contribution in [-0.2, 0) is 13.2 Å². The number of aliphatic hydroxyl groups excluding tert-OH is 2. The highest BCUT2D eigenvalue weighted by Crippen LogP contribution is 2.35. The molecule has 1 aromatic heterocycles. The van der Waals surface area contributed by atoms with Gasteiger partial charge in [-0.2, -0.15) is 5.26 Å². The number of aromatic amines is 1. The predicted octanol–water partition coefficient (Wildman–Crippen LogP) is 2.46. The van der Waals surface area contributed by atoms with Crippen molar-refractivity contribution in [3.63, 3.8) is 0 Å². The van der Waals surface area contributed by atoms with Crippen molar-refractivity contribution in [3.05, 3.63) is 81.6 Å². The highest BCUT2D eigenvalue weighted by Gasteiger charge is 2.21. The van der Waals surface area contributed by atoms with Crippen molar-refractivity contribution < 1.29 is 14.9 Å². The van der Waals surface area contributed by atoms with Crippen molar-refractivity contribution >= 4 is 10.9 Å². The lowest BCUT2D eigenvalue weighted by Crippen LogP contribution is -2.50. The molecule has 1 aliphatic rings. The lowest BCUT2D eigenvalue weighted by atomic mass is 10.00. The second-order valence-electron chi connectivity index (χ2n) is 8.18. The van der Waals surface area contributed by atoms with Gasteiger partial charge in [0, 0.05) is 24.2 Å². The van der Waals surface area contributed by atoms with Crippen LogP contribution < -0.4 is 15.6 Å². The number of hydrogen-bond donors (Lipinski definition) is 4. The third kappa shape index (κ3) is 4.04. The number of ether oxygens (including phenoxy) is 1. The zero-order chi connectivity index (χ0) is 23.7. The Morgan fingerprint density at radius 3 is 2.44 bits per heavy atom. The van der Waals surface area contributed by atoms with E-state index in [2.05, 4.69) is 21.4 Å². The number of rotatable bonds is 6. The van der Waals surface area contributed by atoms with Crippen LogP contribution in [0.3, 0.4) is 0 Å². The molecule has 0 aliphatic carbocycles. The van der Waals surface area contributed by atoms with Crippen LogP contribution in [0.15, 0.2) is 59.4 Å². The molecule has 0 amide bonds. The van der Waals surface area contributed by atoms with Gasteiger partial charge < -0.3 is 25.3 Å².